The molecule has 0 aliphatic carbocycles. The van der Waals surface area contributed by atoms with Crippen molar-refractivity contribution in [1.29, 1.82) is 0 Å². The molecule has 0 fully saturated rings. The summed E-state index contributed by atoms with van der Waals surface area (Å²) in [6.45, 7) is 5.52. The summed E-state index contributed by atoms with van der Waals surface area (Å²) in [5.41, 5.74) is 0. The van der Waals surface area contributed by atoms with Gasteiger partial charge in [-0.2, -0.15) is 0 Å². The normalized spacial score (nSPS) is 10.2. The first-order valence-corrected chi connectivity index (χ1v) is 5.80. The number of carbonyl (C=O) groups excluding carboxylic acids is 3. The molecule has 16 heavy (non-hydrogen) atoms. The molecule has 0 radical (unpaired) electrons. The zero-order chi connectivity index (χ0) is 12.6. The van der Waals surface area contributed by atoms with Crippen LogP contribution in [0.5, 0.6) is 0 Å². The molecule has 0 aliphatic heterocycles. The van der Waals surface area contributed by atoms with E-state index < -0.39 is 11.9 Å². The van der Waals surface area contributed by atoms with Gasteiger partial charge < -0.3 is 4.74 Å². The third kappa shape index (κ3) is 4.55. The number of ether oxygens (including phenoxy) is 1. The van der Waals surface area contributed by atoms with Crippen LogP contribution in [0.15, 0.2) is 0 Å². The van der Waals surface area contributed by atoms with Crippen LogP contribution in [0.1, 0.15) is 46.5 Å². The molecule has 0 N–H and O–H groups in total. The second-order valence-corrected chi connectivity index (χ2v) is 3.62. The van der Waals surface area contributed by atoms with Crippen molar-refractivity contribution in [3.63, 3.8) is 0 Å². The van der Waals surface area contributed by atoms with Gasteiger partial charge in [-0.1, -0.05) is 13.8 Å². The first-order chi connectivity index (χ1) is 7.58. The average Bonchev–Trinajstić information content (AvgIpc) is 2.19. The Morgan fingerprint density at radius 1 is 0.938 bits per heavy atom. The van der Waals surface area contributed by atoms with E-state index in [2.05, 4.69) is 0 Å². The van der Waals surface area contributed by atoms with E-state index in [-0.39, 0.29) is 31.0 Å². The molecular formula is C12H20O4. The van der Waals surface area contributed by atoms with Gasteiger partial charge >= 0.3 is 5.97 Å². The van der Waals surface area contributed by atoms with Crippen LogP contribution >= 0.6 is 0 Å². The predicted molar refractivity (Wildman–Crippen MR) is 60.0 cm³/mol. The lowest BCUT2D eigenvalue weighted by Gasteiger charge is -2.12. The summed E-state index contributed by atoms with van der Waals surface area (Å²) in [6.07, 6.45) is 1.76. The Kier molecular flexibility index (Phi) is 7.42. The minimum absolute atomic E-state index is 0.189. The van der Waals surface area contributed by atoms with Gasteiger partial charge in [-0.15, -0.1) is 0 Å². The highest BCUT2D eigenvalue weighted by atomic mass is 16.5. The second kappa shape index (κ2) is 8.02. The van der Waals surface area contributed by atoms with Crippen LogP contribution in [-0.2, 0) is 19.1 Å². The molecule has 0 aromatic rings. The maximum absolute atomic E-state index is 11.7. The molecule has 4 nitrogen and oxygen atoms in total. The smallest absolute Gasteiger partial charge is 0.324 e. The summed E-state index contributed by atoms with van der Waals surface area (Å²) in [5.74, 6) is -2.53. The van der Waals surface area contributed by atoms with Crippen LogP contribution in [0.2, 0.25) is 0 Å². The predicted octanol–water partition coefficient (Wildman–Crippen LogP) is 1.90. The van der Waals surface area contributed by atoms with Gasteiger partial charge in [-0.3, -0.25) is 14.4 Å². The summed E-state index contributed by atoms with van der Waals surface area (Å²) < 4.78 is 4.76. The van der Waals surface area contributed by atoms with Crippen molar-refractivity contribution in [1.82, 2.24) is 0 Å². The minimum Gasteiger partial charge on any atom is -0.465 e. The van der Waals surface area contributed by atoms with E-state index in [1.54, 1.807) is 6.92 Å². The first-order valence-electron chi connectivity index (χ1n) is 5.80. The van der Waals surface area contributed by atoms with Crippen LogP contribution in [0.3, 0.4) is 0 Å². The van der Waals surface area contributed by atoms with E-state index >= 15 is 0 Å². The topological polar surface area (TPSA) is 60.4 Å². The van der Waals surface area contributed by atoms with Crippen molar-refractivity contribution >= 4 is 17.5 Å². The molecule has 0 saturated heterocycles. The van der Waals surface area contributed by atoms with Crippen molar-refractivity contribution < 1.29 is 19.1 Å². The van der Waals surface area contributed by atoms with Crippen LogP contribution in [0.4, 0.5) is 0 Å². The van der Waals surface area contributed by atoms with Gasteiger partial charge in [0.2, 0.25) is 0 Å². The van der Waals surface area contributed by atoms with Gasteiger partial charge in [-0.05, 0) is 19.8 Å². The lowest BCUT2D eigenvalue weighted by atomic mass is 9.93. The molecule has 0 unspecified atom stereocenters. The number of esters is 1. The number of rotatable bonds is 8. The van der Waals surface area contributed by atoms with Gasteiger partial charge in [0.15, 0.2) is 17.5 Å². The molecule has 4 heteroatoms. The molecule has 0 bridgehead atoms. The molecule has 92 valence electrons. The molecule has 0 aromatic carbocycles. The molecular weight excluding hydrogens is 208 g/mol. The lowest BCUT2D eigenvalue weighted by Crippen LogP contribution is -2.33. The van der Waals surface area contributed by atoms with Crippen molar-refractivity contribution in [2.75, 3.05) is 6.61 Å². The Hall–Kier alpha value is -1.19. The maximum atomic E-state index is 11.7. The van der Waals surface area contributed by atoms with Crippen molar-refractivity contribution in [3.05, 3.63) is 0 Å². The SMILES string of the molecule is CCCC(=O)C(C(=O)CCC)C(=O)OCC. The Morgan fingerprint density at radius 2 is 1.38 bits per heavy atom. The Morgan fingerprint density at radius 3 is 1.69 bits per heavy atom. The van der Waals surface area contributed by atoms with Gasteiger partial charge in [0.1, 0.15) is 0 Å². The van der Waals surface area contributed by atoms with E-state index in [1.165, 1.54) is 0 Å². The summed E-state index contributed by atoms with van der Waals surface area (Å²) in [7, 11) is 0. The molecule has 0 atom stereocenters. The van der Waals surface area contributed by atoms with Gasteiger partial charge in [0, 0.05) is 12.8 Å². The number of Topliss-reactive ketones (excluding diaryl/α,β-unsaturated/α-hetero) is 2. The van der Waals surface area contributed by atoms with Crippen LogP contribution < -0.4 is 0 Å². The van der Waals surface area contributed by atoms with E-state index in [4.69, 9.17) is 4.74 Å². The zero-order valence-electron chi connectivity index (χ0n) is 10.2. The van der Waals surface area contributed by atoms with Gasteiger partial charge in [-0.25, -0.2) is 0 Å². The summed E-state index contributed by atoms with van der Waals surface area (Å²) in [6, 6.07) is 0. The Balaban J connectivity index is 4.68. The third-order valence-corrected chi connectivity index (χ3v) is 2.16. The number of hydrogen-bond acceptors (Lipinski definition) is 4. The van der Waals surface area contributed by atoms with Crippen molar-refractivity contribution in [2.24, 2.45) is 5.92 Å². The lowest BCUT2D eigenvalue weighted by molar-refractivity contribution is -0.154. The van der Waals surface area contributed by atoms with Crippen molar-refractivity contribution in [3.8, 4) is 0 Å². The fraction of sp³-hybridized carbons (Fsp3) is 0.750. The number of carbonyl (C=O) groups is 3. The molecule has 0 spiro atoms. The van der Waals surface area contributed by atoms with Crippen LogP contribution in [-0.4, -0.2) is 24.1 Å². The quantitative estimate of drug-likeness (QED) is 0.470. The van der Waals surface area contributed by atoms with Gasteiger partial charge in [0.25, 0.3) is 0 Å². The summed E-state index contributed by atoms with van der Waals surface area (Å²) in [5, 5.41) is 0. The van der Waals surface area contributed by atoms with Crippen molar-refractivity contribution in [2.45, 2.75) is 46.5 Å². The fourth-order valence-electron chi connectivity index (χ4n) is 1.45. The minimum atomic E-state index is -1.19. The highest BCUT2D eigenvalue weighted by molar-refractivity contribution is 6.17. The Labute approximate surface area is 96.4 Å². The second-order valence-electron chi connectivity index (χ2n) is 3.62. The van der Waals surface area contributed by atoms with E-state index in [9.17, 15) is 14.4 Å². The maximum Gasteiger partial charge on any atom is 0.324 e. The first kappa shape index (κ1) is 14.8. The highest BCUT2D eigenvalue weighted by Gasteiger charge is 2.33. The fourth-order valence-corrected chi connectivity index (χ4v) is 1.45. The van der Waals surface area contributed by atoms with E-state index in [0.29, 0.717) is 12.8 Å². The standard InChI is InChI=1S/C12H20O4/c1-4-7-9(13)11(10(14)8-5-2)12(15)16-6-3/h11H,4-8H2,1-3H3. The van der Waals surface area contributed by atoms with Crippen LogP contribution in [0, 0.1) is 5.92 Å². The summed E-state index contributed by atoms with van der Waals surface area (Å²) in [4.78, 5) is 34.8. The molecule has 0 saturated carbocycles. The van der Waals surface area contributed by atoms with Gasteiger partial charge in [0.05, 0.1) is 6.61 Å². The molecule has 0 aliphatic rings. The monoisotopic (exact) mass is 228 g/mol. The third-order valence-electron chi connectivity index (χ3n) is 2.16. The summed E-state index contributed by atoms with van der Waals surface area (Å²) >= 11 is 0. The molecule has 0 rings (SSSR count). The number of ketones is 2. The zero-order valence-corrected chi connectivity index (χ0v) is 10.2. The Bertz CT molecular complexity index is 215. The van der Waals surface area contributed by atoms with Crippen LogP contribution in [0.25, 0.3) is 0 Å². The highest BCUT2D eigenvalue weighted by Crippen LogP contribution is 2.11. The largest absolute Gasteiger partial charge is 0.465 e. The molecule has 0 aromatic heterocycles. The van der Waals surface area contributed by atoms with E-state index in [1.807, 2.05) is 13.8 Å². The molecule has 0 heterocycles. The number of hydrogen-bond donors (Lipinski definition) is 0. The molecule has 0 amide bonds. The van der Waals surface area contributed by atoms with E-state index in [0.717, 1.165) is 0 Å². The average molecular weight is 228 g/mol.